The first kappa shape index (κ1) is 15.3. The fraction of sp³-hybridized carbons (Fsp3) is 0.533. The first-order valence-electron chi connectivity index (χ1n) is 6.98. The molecule has 1 atom stereocenters. The number of nitrogens with zero attached hydrogens (tertiary/aromatic N) is 2. The van der Waals surface area contributed by atoms with Crippen molar-refractivity contribution >= 4 is 27.5 Å². The van der Waals surface area contributed by atoms with Gasteiger partial charge in [0.1, 0.15) is 0 Å². The summed E-state index contributed by atoms with van der Waals surface area (Å²) in [6.07, 6.45) is 1.01. The molecule has 1 unspecified atom stereocenters. The molecule has 1 saturated heterocycles. The maximum absolute atomic E-state index is 12.1. The van der Waals surface area contributed by atoms with Crippen LogP contribution in [0.1, 0.15) is 24.9 Å². The van der Waals surface area contributed by atoms with Gasteiger partial charge in [0.2, 0.25) is 5.91 Å². The van der Waals surface area contributed by atoms with Gasteiger partial charge in [-0.05, 0) is 44.2 Å². The Balaban J connectivity index is 2.33. The van der Waals surface area contributed by atoms with Gasteiger partial charge in [0, 0.05) is 36.3 Å². The maximum atomic E-state index is 12.1. The first-order chi connectivity index (χ1) is 9.52. The van der Waals surface area contributed by atoms with E-state index >= 15 is 0 Å². The Kier molecular flexibility index (Phi) is 5.05. The summed E-state index contributed by atoms with van der Waals surface area (Å²) in [5.41, 5.74) is 2.37. The van der Waals surface area contributed by atoms with E-state index in [9.17, 15) is 4.79 Å². The van der Waals surface area contributed by atoms with E-state index in [1.165, 1.54) is 5.56 Å². The number of carbonyl (C=O) groups is 1. The number of hydrogen-bond donors (Lipinski definition) is 1. The van der Waals surface area contributed by atoms with Crippen molar-refractivity contribution in [3.63, 3.8) is 0 Å². The van der Waals surface area contributed by atoms with Crippen LogP contribution in [0.15, 0.2) is 22.7 Å². The summed E-state index contributed by atoms with van der Waals surface area (Å²) in [4.78, 5) is 16.1. The standard InChI is InChI=1S/C15H22BrN3O/c1-11(17-2)13-9-12(16)5-6-14(13)19-8-4-7-18(3)15(20)10-19/h5-6,9,11,17H,4,7-8,10H2,1-3H3. The summed E-state index contributed by atoms with van der Waals surface area (Å²) in [5.74, 6) is 0.188. The van der Waals surface area contributed by atoms with Gasteiger partial charge in [-0.3, -0.25) is 4.79 Å². The lowest BCUT2D eigenvalue weighted by atomic mass is 10.0. The van der Waals surface area contributed by atoms with Crippen molar-refractivity contribution in [3.8, 4) is 0 Å². The summed E-state index contributed by atoms with van der Waals surface area (Å²) >= 11 is 3.53. The SMILES string of the molecule is CNC(C)c1cc(Br)ccc1N1CCCN(C)C(=O)C1. The highest BCUT2D eigenvalue weighted by molar-refractivity contribution is 9.10. The summed E-state index contributed by atoms with van der Waals surface area (Å²) in [6, 6.07) is 6.53. The Labute approximate surface area is 129 Å². The van der Waals surface area contributed by atoms with Gasteiger partial charge in [0.15, 0.2) is 0 Å². The number of benzene rings is 1. The molecule has 0 radical (unpaired) electrons. The quantitative estimate of drug-likeness (QED) is 0.918. The van der Waals surface area contributed by atoms with Gasteiger partial charge in [-0.25, -0.2) is 0 Å². The molecule has 1 aromatic rings. The van der Waals surface area contributed by atoms with E-state index in [-0.39, 0.29) is 11.9 Å². The van der Waals surface area contributed by atoms with E-state index < -0.39 is 0 Å². The third-order valence-electron chi connectivity index (χ3n) is 3.90. The lowest BCUT2D eigenvalue weighted by molar-refractivity contribution is -0.127. The van der Waals surface area contributed by atoms with Gasteiger partial charge >= 0.3 is 0 Å². The molecule has 1 heterocycles. The van der Waals surface area contributed by atoms with Crippen molar-refractivity contribution in [1.29, 1.82) is 0 Å². The highest BCUT2D eigenvalue weighted by atomic mass is 79.9. The number of nitrogens with one attached hydrogen (secondary N) is 1. The largest absolute Gasteiger partial charge is 0.362 e. The smallest absolute Gasteiger partial charge is 0.241 e. The molecule has 4 nitrogen and oxygen atoms in total. The zero-order valence-electron chi connectivity index (χ0n) is 12.3. The summed E-state index contributed by atoms with van der Waals surface area (Å²) in [6.45, 7) is 4.35. The van der Waals surface area contributed by atoms with Crippen LogP contribution >= 0.6 is 15.9 Å². The number of rotatable bonds is 3. The molecule has 0 saturated carbocycles. The monoisotopic (exact) mass is 339 g/mol. The molecule has 1 aliphatic rings. The van der Waals surface area contributed by atoms with E-state index in [2.05, 4.69) is 45.2 Å². The van der Waals surface area contributed by atoms with Gasteiger partial charge in [0.05, 0.1) is 6.54 Å². The van der Waals surface area contributed by atoms with Crippen molar-refractivity contribution in [2.75, 3.05) is 38.6 Å². The predicted molar refractivity (Wildman–Crippen MR) is 86.1 cm³/mol. The van der Waals surface area contributed by atoms with Gasteiger partial charge < -0.3 is 15.1 Å². The fourth-order valence-corrected chi connectivity index (χ4v) is 2.89. The second-order valence-corrected chi connectivity index (χ2v) is 6.22. The number of likely N-dealkylation sites (N-methyl/N-ethyl adjacent to an activating group) is 1. The summed E-state index contributed by atoms with van der Waals surface area (Å²) in [5, 5.41) is 3.28. The predicted octanol–water partition coefficient (Wildman–Crippen LogP) is 2.40. The minimum Gasteiger partial charge on any atom is -0.362 e. The van der Waals surface area contributed by atoms with E-state index in [0.717, 1.165) is 29.7 Å². The van der Waals surface area contributed by atoms with Crippen molar-refractivity contribution < 1.29 is 4.79 Å². The second-order valence-electron chi connectivity index (χ2n) is 5.30. The Morgan fingerprint density at radius 2 is 2.10 bits per heavy atom. The minimum atomic E-state index is 0.188. The molecule has 1 N–H and O–H groups in total. The number of hydrogen-bond acceptors (Lipinski definition) is 3. The van der Waals surface area contributed by atoms with Crippen LogP contribution in [0.3, 0.4) is 0 Å². The molecule has 110 valence electrons. The van der Waals surface area contributed by atoms with Crippen molar-refractivity contribution in [2.24, 2.45) is 0 Å². The van der Waals surface area contributed by atoms with Crippen LogP contribution < -0.4 is 10.2 Å². The Morgan fingerprint density at radius 3 is 2.80 bits per heavy atom. The molecule has 2 rings (SSSR count). The van der Waals surface area contributed by atoms with Crippen molar-refractivity contribution in [3.05, 3.63) is 28.2 Å². The zero-order chi connectivity index (χ0) is 14.7. The molecule has 5 heteroatoms. The van der Waals surface area contributed by atoms with Crippen LogP contribution in [0, 0.1) is 0 Å². The molecule has 1 aromatic carbocycles. The number of carbonyl (C=O) groups excluding carboxylic acids is 1. The molecule has 0 aliphatic carbocycles. The van der Waals surface area contributed by atoms with Gasteiger partial charge in [-0.15, -0.1) is 0 Å². The topological polar surface area (TPSA) is 35.6 Å². The van der Waals surface area contributed by atoms with Crippen LogP contribution in [0.5, 0.6) is 0 Å². The number of amides is 1. The molecule has 0 spiro atoms. The lowest BCUT2D eigenvalue weighted by Gasteiger charge is -2.27. The van der Waals surface area contributed by atoms with E-state index in [1.54, 1.807) is 0 Å². The Hall–Kier alpha value is -1.07. The Bertz CT molecular complexity index is 492. The highest BCUT2D eigenvalue weighted by Gasteiger charge is 2.22. The third kappa shape index (κ3) is 3.33. The van der Waals surface area contributed by atoms with E-state index in [0.29, 0.717) is 6.54 Å². The molecule has 0 bridgehead atoms. The molecule has 1 amide bonds. The molecule has 1 aliphatic heterocycles. The molecule has 0 aromatic heterocycles. The van der Waals surface area contributed by atoms with Crippen LogP contribution in [0.2, 0.25) is 0 Å². The van der Waals surface area contributed by atoms with Crippen LogP contribution in [-0.4, -0.2) is 44.5 Å². The van der Waals surface area contributed by atoms with E-state index in [4.69, 9.17) is 0 Å². The average molecular weight is 340 g/mol. The average Bonchev–Trinajstić information content (AvgIpc) is 2.60. The van der Waals surface area contributed by atoms with Crippen molar-refractivity contribution in [2.45, 2.75) is 19.4 Å². The first-order valence-corrected chi connectivity index (χ1v) is 7.78. The molecular formula is C15H22BrN3O. The van der Waals surface area contributed by atoms with Crippen LogP contribution in [-0.2, 0) is 4.79 Å². The number of anilines is 1. The second kappa shape index (κ2) is 6.59. The number of halogens is 1. The third-order valence-corrected chi connectivity index (χ3v) is 4.40. The van der Waals surface area contributed by atoms with Crippen LogP contribution in [0.25, 0.3) is 0 Å². The van der Waals surface area contributed by atoms with Crippen LogP contribution in [0.4, 0.5) is 5.69 Å². The Morgan fingerprint density at radius 1 is 1.35 bits per heavy atom. The van der Waals surface area contributed by atoms with Crippen molar-refractivity contribution in [1.82, 2.24) is 10.2 Å². The molecule has 20 heavy (non-hydrogen) atoms. The fourth-order valence-electron chi connectivity index (χ4n) is 2.51. The maximum Gasteiger partial charge on any atom is 0.241 e. The normalized spacial score (nSPS) is 18.1. The summed E-state index contributed by atoms with van der Waals surface area (Å²) in [7, 11) is 3.83. The molecule has 1 fully saturated rings. The van der Waals surface area contributed by atoms with Gasteiger partial charge in [0.25, 0.3) is 0 Å². The molecular weight excluding hydrogens is 318 g/mol. The zero-order valence-corrected chi connectivity index (χ0v) is 13.9. The highest BCUT2D eigenvalue weighted by Crippen LogP contribution is 2.30. The van der Waals surface area contributed by atoms with Gasteiger partial charge in [-0.1, -0.05) is 15.9 Å². The lowest BCUT2D eigenvalue weighted by Crippen LogP contribution is -2.35. The summed E-state index contributed by atoms with van der Waals surface area (Å²) < 4.78 is 1.07. The minimum absolute atomic E-state index is 0.188. The van der Waals surface area contributed by atoms with E-state index in [1.807, 2.05) is 25.1 Å². The van der Waals surface area contributed by atoms with Gasteiger partial charge in [-0.2, -0.15) is 0 Å².